The molecule has 144 valence electrons. The second-order valence-corrected chi connectivity index (χ2v) is 9.75. The Balaban J connectivity index is 1.70. The zero-order valence-electron chi connectivity index (χ0n) is 15.8. The second-order valence-electron chi connectivity index (χ2n) is 9.37. The number of carbonyl (C=O) groups is 2. The molecule has 0 aliphatic heterocycles. The third kappa shape index (κ3) is 2.43. The first-order valence-electron chi connectivity index (χ1n) is 9.92. The number of ether oxygens (including phenoxy) is 1. The van der Waals surface area contributed by atoms with Crippen LogP contribution in [-0.4, -0.2) is 24.0 Å². The Bertz CT molecular complexity index is 689. The third-order valence-electron chi connectivity index (χ3n) is 8.17. The highest BCUT2D eigenvalue weighted by Gasteiger charge is 2.63. The van der Waals surface area contributed by atoms with Crippen LogP contribution >= 0.6 is 11.6 Å². The van der Waals surface area contributed by atoms with Crippen molar-refractivity contribution >= 4 is 23.4 Å². The van der Waals surface area contributed by atoms with E-state index in [2.05, 4.69) is 13.8 Å². The van der Waals surface area contributed by atoms with Gasteiger partial charge in [0.15, 0.2) is 5.78 Å². The molecule has 0 aromatic carbocycles. The van der Waals surface area contributed by atoms with Gasteiger partial charge in [-0.3, -0.25) is 9.59 Å². The molecule has 5 heteroatoms. The van der Waals surface area contributed by atoms with Crippen molar-refractivity contribution in [3.63, 3.8) is 0 Å². The maximum Gasteiger partial charge on any atom is 0.302 e. The molecule has 0 amide bonds. The van der Waals surface area contributed by atoms with E-state index in [-0.39, 0.29) is 40.5 Å². The summed E-state index contributed by atoms with van der Waals surface area (Å²) in [6.07, 6.45) is 3.93. The SMILES string of the molecule is CC(=O)OC1CC[C@H]2[C@@H]3CCC4=C(Cl)C(=O)CC[C@]4(C)[C@@H]3C(F)C[C@]12C. The van der Waals surface area contributed by atoms with E-state index in [0.29, 0.717) is 30.2 Å². The number of carbonyl (C=O) groups excluding carboxylic acids is 2. The van der Waals surface area contributed by atoms with Crippen LogP contribution in [0.1, 0.15) is 65.7 Å². The molecule has 0 N–H and O–H groups in total. The number of allylic oxidation sites excluding steroid dienone is 1. The van der Waals surface area contributed by atoms with Crippen molar-refractivity contribution < 1.29 is 18.7 Å². The molecule has 4 rings (SSSR count). The summed E-state index contributed by atoms with van der Waals surface area (Å²) in [7, 11) is 0. The van der Waals surface area contributed by atoms with Crippen LogP contribution in [0.5, 0.6) is 0 Å². The zero-order chi connectivity index (χ0) is 18.9. The molecule has 4 aliphatic carbocycles. The molecule has 4 aliphatic rings. The molecule has 0 spiro atoms. The molecule has 3 saturated carbocycles. The molecule has 3 nitrogen and oxygen atoms in total. The summed E-state index contributed by atoms with van der Waals surface area (Å²) in [5.74, 6) is 0.314. The van der Waals surface area contributed by atoms with Gasteiger partial charge in [-0.05, 0) is 61.3 Å². The highest BCUT2D eigenvalue weighted by molar-refractivity contribution is 6.43. The van der Waals surface area contributed by atoms with Gasteiger partial charge in [0.1, 0.15) is 12.3 Å². The van der Waals surface area contributed by atoms with E-state index in [0.717, 1.165) is 31.3 Å². The molecule has 0 saturated heterocycles. The summed E-state index contributed by atoms with van der Waals surface area (Å²) in [5, 5.41) is 0.377. The quantitative estimate of drug-likeness (QED) is 0.601. The lowest BCUT2D eigenvalue weighted by Gasteiger charge is -2.59. The van der Waals surface area contributed by atoms with Crippen LogP contribution in [0.15, 0.2) is 10.6 Å². The van der Waals surface area contributed by atoms with Gasteiger partial charge in [-0.25, -0.2) is 4.39 Å². The molecule has 7 atom stereocenters. The minimum Gasteiger partial charge on any atom is -0.462 e. The van der Waals surface area contributed by atoms with Gasteiger partial charge in [-0.1, -0.05) is 25.4 Å². The van der Waals surface area contributed by atoms with Crippen molar-refractivity contribution in [1.82, 2.24) is 0 Å². The predicted octanol–water partition coefficient (Wildman–Crippen LogP) is 4.96. The molecule has 2 unspecified atom stereocenters. The maximum atomic E-state index is 15.7. The van der Waals surface area contributed by atoms with Gasteiger partial charge in [-0.15, -0.1) is 0 Å². The summed E-state index contributed by atoms with van der Waals surface area (Å²) in [6.45, 7) is 5.68. The molecule has 0 radical (unpaired) electrons. The fourth-order valence-corrected chi connectivity index (χ4v) is 7.46. The van der Waals surface area contributed by atoms with Gasteiger partial charge >= 0.3 is 5.97 Å². The molecular formula is C21H28ClFO3. The van der Waals surface area contributed by atoms with Gasteiger partial charge in [0.25, 0.3) is 0 Å². The van der Waals surface area contributed by atoms with Crippen molar-refractivity contribution in [1.29, 1.82) is 0 Å². The van der Waals surface area contributed by atoms with Crippen molar-refractivity contribution in [2.24, 2.45) is 28.6 Å². The first-order chi connectivity index (χ1) is 12.2. The van der Waals surface area contributed by atoms with Gasteiger partial charge < -0.3 is 4.74 Å². The topological polar surface area (TPSA) is 43.4 Å². The number of halogens is 2. The number of hydrogen-bond donors (Lipinski definition) is 0. The number of alkyl halides is 1. The molecule has 0 aromatic rings. The summed E-state index contributed by atoms with van der Waals surface area (Å²) in [4.78, 5) is 23.6. The fourth-order valence-electron chi connectivity index (χ4n) is 7.05. The first kappa shape index (κ1) is 18.5. The van der Waals surface area contributed by atoms with E-state index < -0.39 is 6.17 Å². The van der Waals surface area contributed by atoms with Crippen LogP contribution in [0.25, 0.3) is 0 Å². The van der Waals surface area contributed by atoms with Gasteiger partial charge in [0.05, 0.1) is 5.03 Å². The maximum absolute atomic E-state index is 15.7. The molecule has 26 heavy (non-hydrogen) atoms. The van der Waals surface area contributed by atoms with Crippen LogP contribution in [0.2, 0.25) is 0 Å². The largest absolute Gasteiger partial charge is 0.462 e. The average Bonchev–Trinajstić information content (AvgIpc) is 2.86. The van der Waals surface area contributed by atoms with Crippen molar-refractivity contribution in [3.05, 3.63) is 10.6 Å². The molecule has 0 heterocycles. The normalized spacial score (nSPS) is 47.9. The Hall–Kier alpha value is -0.900. The lowest BCUT2D eigenvalue weighted by atomic mass is 9.47. The molecule has 0 aromatic heterocycles. The van der Waals surface area contributed by atoms with Crippen LogP contribution in [0.4, 0.5) is 4.39 Å². The van der Waals surface area contributed by atoms with Crippen LogP contribution in [0.3, 0.4) is 0 Å². The number of ketones is 1. The Morgan fingerprint density at radius 2 is 1.96 bits per heavy atom. The van der Waals surface area contributed by atoms with Crippen LogP contribution in [-0.2, 0) is 14.3 Å². The minimum atomic E-state index is -0.949. The Morgan fingerprint density at radius 3 is 2.65 bits per heavy atom. The monoisotopic (exact) mass is 382 g/mol. The van der Waals surface area contributed by atoms with Crippen molar-refractivity contribution in [2.75, 3.05) is 0 Å². The van der Waals surface area contributed by atoms with E-state index in [9.17, 15) is 9.59 Å². The van der Waals surface area contributed by atoms with Crippen molar-refractivity contribution in [3.8, 4) is 0 Å². The first-order valence-corrected chi connectivity index (χ1v) is 10.3. The fraction of sp³-hybridized carbons (Fsp3) is 0.810. The summed E-state index contributed by atoms with van der Waals surface area (Å²) in [5.41, 5.74) is 0.407. The van der Waals surface area contributed by atoms with E-state index in [4.69, 9.17) is 16.3 Å². The molecular weight excluding hydrogens is 355 g/mol. The van der Waals surface area contributed by atoms with E-state index in [1.54, 1.807) is 0 Å². The van der Waals surface area contributed by atoms with Gasteiger partial charge in [-0.2, -0.15) is 0 Å². The number of rotatable bonds is 1. The Labute approximate surface area is 159 Å². The van der Waals surface area contributed by atoms with Gasteiger partial charge in [0.2, 0.25) is 0 Å². The van der Waals surface area contributed by atoms with Gasteiger partial charge in [0, 0.05) is 24.7 Å². The number of fused-ring (bicyclic) bond motifs is 5. The Kier molecular flexibility index (Phi) is 4.30. The third-order valence-corrected chi connectivity index (χ3v) is 8.61. The highest BCUT2D eigenvalue weighted by Crippen LogP contribution is 2.66. The lowest BCUT2D eigenvalue weighted by molar-refractivity contribution is -0.162. The average molecular weight is 383 g/mol. The zero-order valence-corrected chi connectivity index (χ0v) is 16.6. The van der Waals surface area contributed by atoms with E-state index in [1.165, 1.54) is 6.92 Å². The summed E-state index contributed by atoms with van der Waals surface area (Å²) in [6, 6.07) is 0. The molecule has 3 fully saturated rings. The van der Waals surface area contributed by atoms with Crippen LogP contribution < -0.4 is 0 Å². The van der Waals surface area contributed by atoms with E-state index in [1.807, 2.05) is 0 Å². The Morgan fingerprint density at radius 1 is 1.23 bits per heavy atom. The lowest BCUT2D eigenvalue weighted by Crippen LogP contribution is -2.56. The number of Topliss-reactive ketones (excluding diaryl/α,β-unsaturated/α-hetero) is 1. The van der Waals surface area contributed by atoms with E-state index >= 15 is 4.39 Å². The minimum absolute atomic E-state index is 0.0180. The highest BCUT2D eigenvalue weighted by atomic mass is 35.5. The number of esters is 1. The van der Waals surface area contributed by atoms with Crippen molar-refractivity contribution in [2.45, 2.75) is 78.0 Å². The summed E-state index contributed by atoms with van der Waals surface area (Å²) >= 11 is 6.38. The standard InChI is InChI=1S/C21H28ClFO3/c1-11(24)26-17-7-6-13-12-4-5-14-19(22)16(25)8-9-20(14,2)18(12)15(23)10-21(13,17)3/h12-13,15,17-18H,4-10H2,1-3H3/t12-,13-,15?,17?,18-,20-,21-/m0/s1. The van der Waals surface area contributed by atoms with Crippen LogP contribution in [0, 0.1) is 28.6 Å². The number of hydrogen-bond acceptors (Lipinski definition) is 3. The predicted molar refractivity (Wildman–Crippen MR) is 97.3 cm³/mol. The second kappa shape index (κ2) is 6.05. The molecule has 0 bridgehead atoms. The smallest absolute Gasteiger partial charge is 0.302 e. The summed E-state index contributed by atoms with van der Waals surface area (Å²) < 4.78 is 21.3.